The van der Waals surface area contributed by atoms with Gasteiger partial charge in [-0.25, -0.2) is 9.78 Å². The lowest BCUT2D eigenvalue weighted by atomic mass is 10.2. The van der Waals surface area contributed by atoms with Gasteiger partial charge in [0, 0.05) is 18.9 Å². The smallest absolute Gasteiger partial charge is 0.339 e. The van der Waals surface area contributed by atoms with E-state index in [9.17, 15) is 9.59 Å². The van der Waals surface area contributed by atoms with E-state index in [1.807, 2.05) is 0 Å². The van der Waals surface area contributed by atoms with E-state index >= 15 is 0 Å². The van der Waals surface area contributed by atoms with E-state index in [1.54, 1.807) is 32.2 Å². The zero-order valence-electron chi connectivity index (χ0n) is 10.4. The molecule has 0 atom stereocenters. The van der Waals surface area contributed by atoms with E-state index in [2.05, 4.69) is 15.4 Å². The van der Waals surface area contributed by atoms with Crippen LogP contribution in [-0.4, -0.2) is 31.7 Å². The third-order valence-electron chi connectivity index (χ3n) is 2.40. The molecule has 0 aliphatic carbocycles. The van der Waals surface area contributed by atoms with Crippen LogP contribution in [0.4, 0.5) is 5.82 Å². The molecule has 2 aromatic heterocycles. The Morgan fingerprint density at radius 2 is 2.11 bits per heavy atom. The lowest BCUT2D eigenvalue weighted by molar-refractivity contribution is 0.0692. The minimum Gasteiger partial charge on any atom is -0.478 e. The van der Waals surface area contributed by atoms with Crippen molar-refractivity contribution < 1.29 is 14.7 Å². The average Bonchev–Trinajstić information content (AvgIpc) is 2.71. The number of aromatic nitrogens is 3. The molecule has 0 unspecified atom stereocenters. The van der Waals surface area contributed by atoms with Gasteiger partial charge in [0.15, 0.2) is 5.69 Å². The molecule has 0 fully saturated rings. The van der Waals surface area contributed by atoms with Crippen LogP contribution in [0.15, 0.2) is 24.4 Å². The summed E-state index contributed by atoms with van der Waals surface area (Å²) in [4.78, 5) is 27.1. The van der Waals surface area contributed by atoms with Crippen molar-refractivity contribution in [2.75, 3.05) is 5.32 Å². The second-order valence-electron chi connectivity index (χ2n) is 3.99. The number of carbonyl (C=O) groups excluding carboxylic acids is 1. The molecule has 0 spiro atoms. The van der Waals surface area contributed by atoms with Crippen molar-refractivity contribution in [3.63, 3.8) is 0 Å². The minimum absolute atomic E-state index is 0.140. The summed E-state index contributed by atoms with van der Waals surface area (Å²) in [6.45, 7) is 1.79. The highest BCUT2D eigenvalue weighted by Crippen LogP contribution is 2.10. The van der Waals surface area contributed by atoms with Gasteiger partial charge in [0.1, 0.15) is 11.4 Å². The number of nitrogens with one attached hydrogen (secondary N) is 1. The molecular formula is C12H12N4O3. The lowest BCUT2D eigenvalue weighted by Gasteiger charge is -2.03. The third-order valence-corrected chi connectivity index (χ3v) is 2.40. The highest BCUT2D eigenvalue weighted by molar-refractivity contribution is 6.08. The fourth-order valence-corrected chi connectivity index (χ4v) is 1.60. The van der Waals surface area contributed by atoms with Crippen molar-refractivity contribution in [2.45, 2.75) is 6.92 Å². The number of carboxylic acid groups (broad SMARTS) is 1. The molecule has 2 aromatic rings. The van der Waals surface area contributed by atoms with Crippen molar-refractivity contribution in [1.29, 1.82) is 0 Å². The molecule has 7 nitrogen and oxygen atoms in total. The summed E-state index contributed by atoms with van der Waals surface area (Å²) >= 11 is 0. The summed E-state index contributed by atoms with van der Waals surface area (Å²) in [6.07, 6.45) is 1.28. The second-order valence-corrected chi connectivity index (χ2v) is 3.99. The maximum Gasteiger partial charge on any atom is 0.339 e. The van der Waals surface area contributed by atoms with Gasteiger partial charge in [-0.1, -0.05) is 6.07 Å². The number of carbonyl (C=O) groups is 2. The van der Waals surface area contributed by atoms with Gasteiger partial charge in [0.2, 0.25) is 0 Å². The van der Waals surface area contributed by atoms with E-state index < -0.39 is 11.9 Å². The van der Waals surface area contributed by atoms with Crippen LogP contribution >= 0.6 is 0 Å². The van der Waals surface area contributed by atoms with E-state index in [4.69, 9.17) is 5.11 Å². The highest BCUT2D eigenvalue weighted by atomic mass is 16.4. The monoisotopic (exact) mass is 260 g/mol. The van der Waals surface area contributed by atoms with E-state index in [0.29, 0.717) is 5.82 Å². The van der Waals surface area contributed by atoms with Gasteiger partial charge >= 0.3 is 5.97 Å². The van der Waals surface area contributed by atoms with Crippen LogP contribution in [0.5, 0.6) is 0 Å². The number of aromatic carboxylic acids is 1. The standard InChI is InChI=1S/C12H12N4O3/c1-7-4-3-5-9(13-7)14-11(17)10-8(12(18)19)6-16(2)15-10/h3-6H,1-2H3,(H,18,19)(H,13,14,17). The van der Waals surface area contributed by atoms with Crippen LogP contribution in [0.1, 0.15) is 26.5 Å². The van der Waals surface area contributed by atoms with Crippen LogP contribution in [-0.2, 0) is 7.05 Å². The van der Waals surface area contributed by atoms with Gasteiger partial charge in [0.25, 0.3) is 5.91 Å². The van der Waals surface area contributed by atoms with E-state index in [-0.39, 0.29) is 11.3 Å². The maximum atomic E-state index is 12.0. The van der Waals surface area contributed by atoms with Crippen molar-refractivity contribution in [1.82, 2.24) is 14.8 Å². The number of nitrogens with zero attached hydrogens (tertiary/aromatic N) is 3. The van der Waals surface area contributed by atoms with Crippen LogP contribution in [0, 0.1) is 6.92 Å². The van der Waals surface area contributed by atoms with Gasteiger partial charge in [0.05, 0.1) is 0 Å². The van der Waals surface area contributed by atoms with Gasteiger partial charge < -0.3 is 10.4 Å². The summed E-state index contributed by atoms with van der Waals surface area (Å²) in [5.41, 5.74) is 0.461. The van der Waals surface area contributed by atoms with Gasteiger partial charge in [-0.15, -0.1) is 0 Å². The van der Waals surface area contributed by atoms with Gasteiger partial charge in [-0.3, -0.25) is 9.48 Å². The minimum atomic E-state index is -1.20. The highest BCUT2D eigenvalue weighted by Gasteiger charge is 2.21. The number of hydrogen-bond acceptors (Lipinski definition) is 4. The van der Waals surface area contributed by atoms with Crippen LogP contribution < -0.4 is 5.32 Å². The van der Waals surface area contributed by atoms with E-state index in [0.717, 1.165) is 5.69 Å². The SMILES string of the molecule is Cc1cccc(NC(=O)c2nn(C)cc2C(=O)O)n1. The molecule has 7 heteroatoms. The number of pyridine rings is 1. The third kappa shape index (κ3) is 2.76. The van der Waals surface area contributed by atoms with Gasteiger partial charge in [-0.05, 0) is 19.1 Å². The van der Waals surface area contributed by atoms with Crippen molar-refractivity contribution in [3.05, 3.63) is 41.3 Å². The fraction of sp³-hybridized carbons (Fsp3) is 0.167. The molecule has 2 rings (SSSR count). The number of rotatable bonds is 3. The number of carboxylic acids is 1. The average molecular weight is 260 g/mol. The Bertz CT molecular complexity index is 648. The number of amides is 1. The first-order valence-electron chi connectivity index (χ1n) is 5.49. The Labute approximate surface area is 108 Å². The Morgan fingerprint density at radius 1 is 1.37 bits per heavy atom. The predicted molar refractivity (Wildman–Crippen MR) is 67.1 cm³/mol. The molecule has 2 heterocycles. The largest absolute Gasteiger partial charge is 0.478 e. The number of anilines is 1. The molecule has 1 amide bonds. The zero-order valence-corrected chi connectivity index (χ0v) is 10.4. The predicted octanol–water partition coefficient (Wildman–Crippen LogP) is 1.07. The molecule has 0 radical (unpaired) electrons. The summed E-state index contributed by atoms with van der Waals surface area (Å²) in [5, 5.41) is 15.4. The molecule has 0 saturated carbocycles. The first kappa shape index (κ1) is 12.7. The maximum absolute atomic E-state index is 12.0. The Kier molecular flexibility index (Phi) is 3.28. The first-order valence-corrected chi connectivity index (χ1v) is 5.49. The summed E-state index contributed by atoms with van der Waals surface area (Å²) in [7, 11) is 1.55. The molecule has 0 aromatic carbocycles. The summed E-state index contributed by atoms with van der Waals surface area (Å²) < 4.78 is 1.28. The van der Waals surface area contributed by atoms with Crippen LogP contribution in [0.25, 0.3) is 0 Å². The van der Waals surface area contributed by atoms with Gasteiger partial charge in [-0.2, -0.15) is 5.10 Å². The van der Waals surface area contributed by atoms with Crippen molar-refractivity contribution in [2.24, 2.45) is 7.05 Å². The Morgan fingerprint density at radius 3 is 2.74 bits per heavy atom. The quantitative estimate of drug-likeness (QED) is 0.860. The molecule has 98 valence electrons. The topological polar surface area (TPSA) is 97.1 Å². The molecule has 2 N–H and O–H groups in total. The number of aryl methyl sites for hydroxylation is 2. The molecule has 0 saturated heterocycles. The second kappa shape index (κ2) is 4.89. The Balaban J connectivity index is 2.28. The van der Waals surface area contributed by atoms with E-state index in [1.165, 1.54) is 10.9 Å². The van der Waals surface area contributed by atoms with Crippen molar-refractivity contribution >= 4 is 17.7 Å². The molecule has 19 heavy (non-hydrogen) atoms. The normalized spacial score (nSPS) is 10.2. The molecule has 0 aliphatic rings. The zero-order chi connectivity index (χ0) is 14.0. The number of hydrogen-bond donors (Lipinski definition) is 2. The molecular weight excluding hydrogens is 248 g/mol. The van der Waals surface area contributed by atoms with Crippen LogP contribution in [0.2, 0.25) is 0 Å². The Hall–Kier alpha value is -2.70. The lowest BCUT2D eigenvalue weighted by Crippen LogP contribution is -2.17. The summed E-state index contributed by atoms with van der Waals surface area (Å²) in [5.74, 6) is -1.45. The molecule has 0 bridgehead atoms. The first-order chi connectivity index (χ1) is 8.97. The van der Waals surface area contributed by atoms with Crippen molar-refractivity contribution in [3.8, 4) is 0 Å². The fourth-order valence-electron chi connectivity index (χ4n) is 1.60. The molecule has 0 aliphatic heterocycles. The van der Waals surface area contributed by atoms with Crippen LogP contribution in [0.3, 0.4) is 0 Å². The summed E-state index contributed by atoms with van der Waals surface area (Å²) in [6, 6.07) is 5.15.